The molecule has 16 heavy (non-hydrogen) atoms. The summed E-state index contributed by atoms with van der Waals surface area (Å²) in [4.78, 5) is 11.8. The molecule has 1 aromatic carbocycles. The summed E-state index contributed by atoms with van der Waals surface area (Å²) in [7, 11) is 0. The van der Waals surface area contributed by atoms with E-state index in [4.69, 9.17) is 4.74 Å². The molecule has 2 nitrogen and oxygen atoms in total. The Labute approximate surface area is 102 Å². The van der Waals surface area contributed by atoms with E-state index in [1.165, 1.54) is 6.07 Å². The minimum atomic E-state index is -0.338. The van der Waals surface area contributed by atoms with E-state index in [1.54, 1.807) is 12.1 Å². The molecule has 86 valence electrons. The molecule has 4 heteroatoms. The Balaban J connectivity index is 2.07. The third-order valence-corrected chi connectivity index (χ3v) is 3.15. The van der Waals surface area contributed by atoms with Crippen LogP contribution in [0, 0.1) is 5.82 Å². The van der Waals surface area contributed by atoms with Gasteiger partial charge in [-0.1, -0.05) is 15.9 Å². The fraction of sp³-hybridized carbons (Fsp3) is 0.417. The van der Waals surface area contributed by atoms with E-state index in [9.17, 15) is 9.18 Å². The largest absolute Gasteiger partial charge is 0.370 e. The SMILES string of the molecule is O=C(Cc1cc(Br)ccc1F)C1CCCO1. The second-order valence-electron chi connectivity index (χ2n) is 3.88. The number of carbonyl (C=O) groups excluding carboxylic acids is 1. The summed E-state index contributed by atoms with van der Waals surface area (Å²) in [5.41, 5.74) is 0.426. The van der Waals surface area contributed by atoms with E-state index >= 15 is 0 Å². The van der Waals surface area contributed by atoms with Crippen molar-refractivity contribution in [3.8, 4) is 0 Å². The van der Waals surface area contributed by atoms with Gasteiger partial charge >= 0.3 is 0 Å². The Morgan fingerprint density at radius 3 is 3.06 bits per heavy atom. The number of ketones is 1. The maximum Gasteiger partial charge on any atom is 0.166 e. The summed E-state index contributed by atoms with van der Waals surface area (Å²) < 4.78 is 19.5. The van der Waals surface area contributed by atoms with E-state index in [0.29, 0.717) is 12.2 Å². The lowest BCUT2D eigenvalue weighted by Crippen LogP contribution is -2.21. The molecule has 0 radical (unpaired) electrons. The Morgan fingerprint density at radius 1 is 1.56 bits per heavy atom. The molecule has 1 unspecified atom stereocenters. The second kappa shape index (κ2) is 5.06. The van der Waals surface area contributed by atoms with Crippen molar-refractivity contribution in [1.82, 2.24) is 0 Å². The van der Waals surface area contributed by atoms with Gasteiger partial charge in [0.1, 0.15) is 11.9 Å². The highest BCUT2D eigenvalue weighted by atomic mass is 79.9. The van der Waals surface area contributed by atoms with E-state index in [1.807, 2.05) is 0 Å². The zero-order chi connectivity index (χ0) is 11.5. The second-order valence-corrected chi connectivity index (χ2v) is 4.80. The lowest BCUT2D eigenvalue weighted by Gasteiger charge is -2.08. The first kappa shape index (κ1) is 11.7. The third kappa shape index (κ3) is 2.68. The summed E-state index contributed by atoms with van der Waals surface area (Å²) in [5.74, 6) is -0.371. The minimum absolute atomic E-state index is 0.0329. The predicted molar refractivity (Wildman–Crippen MR) is 61.8 cm³/mol. The molecule has 1 aromatic rings. The van der Waals surface area contributed by atoms with Crippen LogP contribution >= 0.6 is 15.9 Å². The summed E-state index contributed by atoms with van der Waals surface area (Å²) in [6, 6.07) is 4.62. The van der Waals surface area contributed by atoms with Gasteiger partial charge in [-0.15, -0.1) is 0 Å². The van der Waals surface area contributed by atoms with Gasteiger partial charge in [0, 0.05) is 17.5 Å². The average molecular weight is 287 g/mol. The molecule has 0 bridgehead atoms. The first-order valence-corrected chi connectivity index (χ1v) is 6.04. The van der Waals surface area contributed by atoms with Gasteiger partial charge in [-0.05, 0) is 36.6 Å². The van der Waals surface area contributed by atoms with Crippen LogP contribution in [-0.4, -0.2) is 18.5 Å². The first-order chi connectivity index (χ1) is 7.66. The Kier molecular flexibility index (Phi) is 3.71. The number of hydrogen-bond acceptors (Lipinski definition) is 2. The molecule has 0 N–H and O–H groups in total. The maximum absolute atomic E-state index is 13.4. The molecule has 0 saturated carbocycles. The molecule has 1 saturated heterocycles. The zero-order valence-electron chi connectivity index (χ0n) is 8.71. The number of rotatable bonds is 3. The molecule has 0 aliphatic carbocycles. The highest BCUT2D eigenvalue weighted by Crippen LogP contribution is 2.19. The molecule has 1 aliphatic heterocycles. The Morgan fingerprint density at radius 2 is 2.38 bits per heavy atom. The van der Waals surface area contributed by atoms with E-state index in [2.05, 4.69) is 15.9 Å². The van der Waals surface area contributed by atoms with Gasteiger partial charge in [0.15, 0.2) is 5.78 Å². The predicted octanol–water partition coefficient (Wildman–Crippen LogP) is 2.88. The lowest BCUT2D eigenvalue weighted by atomic mass is 10.0. The first-order valence-electron chi connectivity index (χ1n) is 5.25. The van der Waals surface area contributed by atoms with Crippen LogP contribution in [0.25, 0.3) is 0 Å². The summed E-state index contributed by atoms with van der Waals surface area (Å²) in [6.07, 6.45) is 1.44. The van der Waals surface area contributed by atoms with Crippen LogP contribution in [-0.2, 0) is 16.0 Å². The topological polar surface area (TPSA) is 26.3 Å². The van der Waals surface area contributed by atoms with Crippen LogP contribution in [0.2, 0.25) is 0 Å². The number of hydrogen-bond donors (Lipinski definition) is 0. The van der Waals surface area contributed by atoms with Gasteiger partial charge < -0.3 is 4.74 Å². The highest BCUT2D eigenvalue weighted by Gasteiger charge is 2.24. The quantitative estimate of drug-likeness (QED) is 0.854. The van der Waals surface area contributed by atoms with Crippen molar-refractivity contribution in [2.45, 2.75) is 25.4 Å². The van der Waals surface area contributed by atoms with Crippen LogP contribution in [0.3, 0.4) is 0 Å². The number of halogens is 2. The molecular weight excluding hydrogens is 275 g/mol. The normalized spacial score (nSPS) is 20.0. The van der Waals surface area contributed by atoms with Gasteiger partial charge in [-0.2, -0.15) is 0 Å². The Hall–Kier alpha value is -0.740. The fourth-order valence-corrected chi connectivity index (χ4v) is 2.22. The van der Waals surface area contributed by atoms with Gasteiger partial charge in [0.05, 0.1) is 0 Å². The number of carbonyl (C=O) groups is 1. The molecule has 1 fully saturated rings. The van der Waals surface area contributed by atoms with Crippen LogP contribution in [0.1, 0.15) is 18.4 Å². The monoisotopic (exact) mass is 286 g/mol. The summed E-state index contributed by atoms with van der Waals surface area (Å²) >= 11 is 3.26. The van der Waals surface area contributed by atoms with Crippen LogP contribution < -0.4 is 0 Å². The van der Waals surface area contributed by atoms with Crippen molar-refractivity contribution in [3.63, 3.8) is 0 Å². The molecule has 0 amide bonds. The van der Waals surface area contributed by atoms with Gasteiger partial charge in [-0.25, -0.2) is 4.39 Å². The molecule has 0 aromatic heterocycles. The van der Waals surface area contributed by atoms with Gasteiger partial charge in [0.25, 0.3) is 0 Å². The number of Topliss-reactive ketones (excluding diaryl/α,β-unsaturated/α-hetero) is 1. The highest BCUT2D eigenvalue weighted by molar-refractivity contribution is 9.10. The van der Waals surface area contributed by atoms with E-state index in [-0.39, 0.29) is 24.1 Å². The van der Waals surface area contributed by atoms with E-state index in [0.717, 1.165) is 17.3 Å². The number of ether oxygens (including phenoxy) is 1. The fourth-order valence-electron chi connectivity index (χ4n) is 1.81. The number of benzene rings is 1. The smallest absolute Gasteiger partial charge is 0.166 e. The standard InChI is InChI=1S/C12H12BrFO2/c13-9-3-4-10(14)8(6-9)7-11(15)12-2-1-5-16-12/h3-4,6,12H,1-2,5,7H2. The average Bonchev–Trinajstić information content (AvgIpc) is 2.76. The molecule has 0 spiro atoms. The van der Waals surface area contributed by atoms with Crippen molar-refractivity contribution < 1.29 is 13.9 Å². The Bertz CT molecular complexity index is 400. The molecule has 2 rings (SSSR count). The van der Waals surface area contributed by atoms with Crippen molar-refractivity contribution in [2.75, 3.05) is 6.61 Å². The lowest BCUT2D eigenvalue weighted by molar-refractivity contribution is -0.127. The molecule has 1 atom stereocenters. The third-order valence-electron chi connectivity index (χ3n) is 2.66. The minimum Gasteiger partial charge on any atom is -0.370 e. The van der Waals surface area contributed by atoms with Gasteiger partial charge in [0.2, 0.25) is 0 Å². The summed E-state index contributed by atoms with van der Waals surface area (Å²) in [5, 5.41) is 0. The summed E-state index contributed by atoms with van der Waals surface area (Å²) in [6.45, 7) is 0.636. The van der Waals surface area contributed by atoms with Crippen LogP contribution in [0.15, 0.2) is 22.7 Å². The molecular formula is C12H12BrFO2. The van der Waals surface area contributed by atoms with Crippen molar-refractivity contribution in [2.24, 2.45) is 0 Å². The van der Waals surface area contributed by atoms with Crippen LogP contribution in [0.4, 0.5) is 4.39 Å². The molecule has 1 aliphatic rings. The van der Waals surface area contributed by atoms with Crippen LogP contribution in [0.5, 0.6) is 0 Å². The zero-order valence-corrected chi connectivity index (χ0v) is 10.3. The van der Waals surface area contributed by atoms with E-state index < -0.39 is 0 Å². The van der Waals surface area contributed by atoms with Crippen molar-refractivity contribution >= 4 is 21.7 Å². The van der Waals surface area contributed by atoms with Crippen molar-refractivity contribution in [3.05, 3.63) is 34.1 Å². The molecule has 1 heterocycles. The van der Waals surface area contributed by atoms with Crippen molar-refractivity contribution in [1.29, 1.82) is 0 Å². The maximum atomic E-state index is 13.4. The van der Waals surface area contributed by atoms with Gasteiger partial charge in [-0.3, -0.25) is 4.79 Å².